The first-order valence-electron chi connectivity index (χ1n) is 9.63. The number of carbonyl (C=O) groups excluding carboxylic acids is 1. The van der Waals surface area contributed by atoms with Crippen molar-refractivity contribution in [3.63, 3.8) is 0 Å². The molecule has 1 amide bonds. The molecule has 7 heteroatoms. The monoisotopic (exact) mass is 394 g/mol. The first-order valence-corrected chi connectivity index (χ1v) is 9.63. The minimum absolute atomic E-state index is 0.0431. The van der Waals surface area contributed by atoms with Gasteiger partial charge in [0.15, 0.2) is 5.69 Å². The first kappa shape index (κ1) is 19.1. The van der Waals surface area contributed by atoms with Crippen molar-refractivity contribution in [3.8, 4) is 0 Å². The van der Waals surface area contributed by atoms with Crippen LogP contribution in [-0.4, -0.2) is 46.5 Å². The maximum Gasteiger partial charge on any atom is 0.282 e. The number of aryl methyl sites for hydroxylation is 3. The molecule has 0 bridgehead atoms. The molecule has 0 atom stereocenters. The number of rotatable bonds is 2. The van der Waals surface area contributed by atoms with E-state index in [2.05, 4.69) is 9.88 Å². The summed E-state index contributed by atoms with van der Waals surface area (Å²) in [6.45, 7) is 6.15. The van der Waals surface area contributed by atoms with Crippen molar-refractivity contribution in [2.24, 2.45) is 7.05 Å². The van der Waals surface area contributed by atoms with Gasteiger partial charge in [-0.1, -0.05) is 0 Å². The number of aromatic nitrogens is 2. The smallest absolute Gasteiger partial charge is 0.282 e. The van der Waals surface area contributed by atoms with Gasteiger partial charge < -0.3 is 14.4 Å². The van der Waals surface area contributed by atoms with Crippen LogP contribution in [0.3, 0.4) is 0 Å². The average Bonchev–Trinajstić information content (AvgIpc) is 2.72. The van der Waals surface area contributed by atoms with Gasteiger partial charge in [-0.05, 0) is 61.4 Å². The van der Waals surface area contributed by atoms with Gasteiger partial charge in [0.05, 0.1) is 11.0 Å². The molecule has 150 valence electrons. The number of anilines is 1. The molecule has 6 nitrogen and oxygen atoms in total. The highest BCUT2D eigenvalue weighted by Gasteiger charge is 2.26. The highest BCUT2D eigenvalue weighted by atomic mass is 19.1. The van der Waals surface area contributed by atoms with E-state index in [0.717, 1.165) is 22.3 Å². The van der Waals surface area contributed by atoms with Crippen molar-refractivity contribution in [3.05, 3.63) is 69.4 Å². The molecule has 1 saturated heterocycles. The lowest BCUT2D eigenvalue weighted by Crippen LogP contribution is -2.50. The van der Waals surface area contributed by atoms with Crippen molar-refractivity contribution in [2.75, 3.05) is 31.1 Å². The van der Waals surface area contributed by atoms with E-state index in [4.69, 9.17) is 0 Å². The maximum absolute atomic E-state index is 13.1. The zero-order chi connectivity index (χ0) is 20.7. The van der Waals surface area contributed by atoms with Crippen LogP contribution in [0.5, 0.6) is 0 Å². The predicted molar refractivity (Wildman–Crippen MR) is 111 cm³/mol. The summed E-state index contributed by atoms with van der Waals surface area (Å²) in [5, 5.41) is 0. The molecule has 0 spiro atoms. The molecule has 29 heavy (non-hydrogen) atoms. The van der Waals surface area contributed by atoms with E-state index in [1.165, 1.54) is 16.7 Å². The second-order valence-electron chi connectivity index (χ2n) is 7.51. The Morgan fingerprint density at radius 1 is 1.00 bits per heavy atom. The number of nitrogens with zero attached hydrogens (tertiary/aromatic N) is 4. The van der Waals surface area contributed by atoms with Crippen molar-refractivity contribution < 1.29 is 9.18 Å². The summed E-state index contributed by atoms with van der Waals surface area (Å²) in [6.07, 6.45) is 0. The zero-order valence-corrected chi connectivity index (χ0v) is 16.8. The Kier molecular flexibility index (Phi) is 4.82. The van der Waals surface area contributed by atoms with Crippen molar-refractivity contribution >= 4 is 22.6 Å². The maximum atomic E-state index is 13.1. The summed E-state index contributed by atoms with van der Waals surface area (Å²) >= 11 is 0. The lowest BCUT2D eigenvalue weighted by atomic mass is 10.1. The predicted octanol–water partition coefficient (Wildman–Crippen LogP) is 2.65. The summed E-state index contributed by atoms with van der Waals surface area (Å²) < 4.78 is 14.6. The number of fused-ring (bicyclic) bond motifs is 1. The Morgan fingerprint density at radius 3 is 2.28 bits per heavy atom. The summed E-state index contributed by atoms with van der Waals surface area (Å²) in [5.74, 6) is -0.615. The minimum atomic E-state index is -0.383. The van der Waals surface area contributed by atoms with Gasteiger partial charge in [-0.2, -0.15) is 0 Å². The number of amides is 1. The van der Waals surface area contributed by atoms with E-state index in [1.54, 1.807) is 24.1 Å². The highest BCUT2D eigenvalue weighted by molar-refractivity contribution is 5.94. The minimum Gasteiger partial charge on any atom is -0.368 e. The normalized spacial score (nSPS) is 14.5. The van der Waals surface area contributed by atoms with Gasteiger partial charge in [0.1, 0.15) is 5.82 Å². The van der Waals surface area contributed by atoms with Crippen molar-refractivity contribution in [1.29, 1.82) is 0 Å². The molecule has 0 saturated carbocycles. The number of hydrogen-bond acceptors (Lipinski definition) is 4. The number of carbonyl (C=O) groups is 1. The number of halogens is 1. The summed E-state index contributed by atoms with van der Waals surface area (Å²) in [7, 11) is 1.67. The van der Waals surface area contributed by atoms with Crippen LogP contribution in [-0.2, 0) is 7.05 Å². The van der Waals surface area contributed by atoms with Gasteiger partial charge >= 0.3 is 0 Å². The fourth-order valence-electron chi connectivity index (χ4n) is 3.69. The topological polar surface area (TPSA) is 58.4 Å². The van der Waals surface area contributed by atoms with E-state index < -0.39 is 0 Å². The Morgan fingerprint density at radius 2 is 1.62 bits per heavy atom. The Bertz CT molecular complexity index is 1150. The second kappa shape index (κ2) is 7.31. The highest BCUT2D eigenvalue weighted by Crippen LogP contribution is 2.19. The van der Waals surface area contributed by atoms with E-state index >= 15 is 0 Å². The third kappa shape index (κ3) is 3.48. The molecule has 1 fully saturated rings. The molecule has 3 aromatic rings. The molecular weight excluding hydrogens is 371 g/mol. The number of hydrogen-bond donors (Lipinski definition) is 0. The molecule has 1 aliphatic heterocycles. The van der Waals surface area contributed by atoms with Gasteiger partial charge in [-0.25, -0.2) is 9.37 Å². The number of piperazine rings is 1. The van der Waals surface area contributed by atoms with Crippen molar-refractivity contribution in [2.45, 2.75) is 13.8 Å². The van der Waals surface area contributed by atoms with Crippen LogP contribution < -0.4 is 10.5 Å². The molecule has 1 aliphatic rings. The summed E-state index contributed by atoms with van der Waals surface area (Å²) in [4.78, 5) is 34.0. The molecule has 0 unspecified atom stereocenters. The molecule has 2 aromatic carbocycles. The standard InChI is InChI=1S/C22H23FN4O2/c1-14-12-18-19(13-15(14)2)25(3)21(28)20(24-18)22(29)27-10-8-26(9-11-27)17-6-4-16(23)5-7-17/h4-7,12-13H,8-11H2,1-3H3. The Hall–Kier alpha value is -3.22. The van der Waals surface area contributed by atoms with E-state index in [0.29, 0.717) is 31.7 Å². The van der Waals surface area contributed by atoms with Gasteiger partial charge in [0.25, 0.3) is 11.5 Å². The molecule has 2 heterocycles. The Labute approximate surface area is 168 Å². The molecule has 4 rings (SSSR count). The lowest BCUT2D eigenvalue weighted by molar-refractivity contribution is 0.0738. The second-order valence-corrected chi connectivity index (χ2v) is 7.51. The van der Waals surface area contributed by atoms with Crippen LogP contribution >= 0.6 is 0 Å². The third-order valence-electron chi connectivity index (χ3n) is 5.65. The van der Waals surface area contributed by atoms with Crippen LogP contribution in [0.25, 0.3) is 11.0 Å². The average molecular weight is 394 g/mol. The molecular formula is C22H23FN4O2. The van der Waals surface area contributed by atoms with Crippen molar-refractivity contribution in [1.82, 2.24) is 14.5 Å². The lowest BCUT2D eigenvalue weighted by Gasteiger charge is -2.35. The zero-order valence-electron chi connectivity index (χ0n) is 16.8. The van der Waals surface area contributed by atoms with E-state index in [1.807, 2.05) is 26.0 Å². The quantitative estimate of drug-likeness (QED) is 0.671. The fourth-order valence-corrected chi connectivity index (χ4v) is 3.69. The molecule has 0 radical (unpaired) electrons. The van der Waals surface area contributed by atoms with Crippen LogP contribution in [0, 0.1) is 19.7 Å². The SMILES string of the molecule is Cc1cc2nc(C(=O)N3CCN(c4ccc(F)cc4)CC3)c(=O)n(C)c2cc1C. The van der Waals surface area contributed by atoms with Crippen LogP contribution in [0.2, 0.25) is 0 Å². The summed E-state index contributed by atoms with van der Waals surface area (Å²) in [6, 6.07) is 10.2. The summed E-state index contributed by atoms with van der Waals surface area (Å²) in [5.41, 5.74) is 3.99. The third-order valence-corrected chi connectivity index (χ3v) is 5.65. The fraction of sp³-hybridized carbons (Fsp3) is 0.318. The van der Waals surface area contributed by atoms with Crippen LogP contribution in [0.1, 0.15) is 21.6 Å². The largest absolute Gasteiger partial charge is 0.368 e. The molecule has 0 N–H and O–H groups in total. The van der Waals surface area contributed by atoms with E-state index in [9.17, 15) is 14.0 Å². The van der Waals surface area contributed by atoms with Crippen LogP contribution in [0.15, 0.2) is 41.2 Å². The molecule has 0 aliphatic carbocycles. The Balaban J connectivity index is 1.58. The van der Waals surface area contributed by atoms with Gasteiger partial charge in [0, 0.05) is 38.9 Å². The number of benzene rings is 2. The van der Waals surface area contributed by atoms with Gasteiger partial charge in [0.2, 0.25) is 0 Å². The van der Waals surface area contributed by atoms with Crippen LogP contribution in [0.4, 0.5) is 10.1 Å². The van der Waals surface area contributed by atoms with E-state index in [-0.39, 0.29) is 23.0 Å². The van der Waals surface area contributed by atoms with Gasteiger partial charge in [-0.15, -0.1) is 0 Å². The first-order chi connectivity index (χ1) is 13.8. The molecule has 1 aromatic heterocycles. The van der Waals surface area contributed by atoms with Gasteiger partial charge in [-0.3, -0.25) is 9.59 Å².